The van der Waals surface area contributed by atoms with Crippen LogP contribution in [0.25, 0.3) is 0 Å². The topological polar surface area (TPSA) is 59.6 Å². The molecule has 0 aliphatic carbocycles. The molecule has 0 saturated carbocycles. The molecule has 1 atom stereocenters. The lowest BCUT2D eigenvalue weighted by atomic mass is 10.2. The normalized spacial score (nSPS) is 18.6. The molecule has 110 valence electrons. The van der Waals surface area contributed by atoms with Gasteiger partial charge < -0.3 is 20.1 Å². The Bertz CT molecular complexity index is 431. The Morgan fingerprint density at radius 1 is 1.55 bits per heavy atom. The molecule has 1 aromatic rings. The van der Waals surface area contributed by atoms with Gasteiger partial charge in [-0.15, -0.1) is 0 Å². The van der Waals surface area contributed by atoms with E-state index in [1.54, 1.807) is 0 Å². The van der Waals surface area contributed by atoms with Crippen LogP contribution in [-0.2, 0) is 9.53 Å². The quantitative estimate of drug-likeness (QED) is 0.779. The molecule has 2 N–H and O–H groups in total. The van der Waals surface area contributed by atoms with Gasteiger partial charge in [-0.1, -0.05) is 19.4 Å². The summed E-state index contributed by atoms with van der Waals surface area (Å²) in [4.78, 5) is 12.0. The molecular weight excluding hydrogens is 256 g/mol. The van der Waals surface area contributed by atoms with Gasteiger partial charge in [0.15, 0.2) is 0 Å². The number of rotatable bonds is 6. The molecule has 20 heavy (non-hydrogen) atoms. The standard InChI is InChI=1S/C15H22N2O3/c1-2-3-8-19-13-6-4-5-12(10-13)17-15(18)14-11-16-7-9-20-14/h4-6,10,14,16H,2-3,7-9,11H2,1H3,(H,17,18). The number of carbonyl (C=O) groups is 1. The highest BCUT2D eigenvalue weighted by molar-refractivity contribution is 5.94. The van der Waals surface area contributed by atoms with Gasteiger partial charge in [0, 0.05) is 24.8 Å². The molecule has 5 nitrogen and oxygen atoms in total. The van der Waals surface area contributed by atoms with Gasteiger partial charge in [-0.25, -0.2) is 0 Å². The molecular formula is C15H22N2O3. The summed E-state index contributed by atoms with van der Waals surface area (Å²) in [6.45, 7) is 4.74. The first-order valence-corrected chi connectivity index (χ1v) is 7.15. The Balaban J connectivity index is 1.88. The lowest BCUT2D eigenvalue weighted by molar-refractivity contribution is -0.128. The molecule has 1 amide bonds. The molecule has 0 aromatic heterocycles. The molecule has 5 heteroatoms. The molecule has 1 aliphatic heterocycles. The zero-order valence-electron chi connectivity index (χ0n) is 11.9. The van der Waals surface area contributed by atoms with Crippen LogP contribution in [0.15, 0.2) is 24.3 Å². The predicted molar refractivity (Wildman–Crippen MR) is 78.1 cm³/mol. The summed E-state index contributed by atoms with van der Waals surface area (Å²) in [6, 6.07) is 7.45. The van der Waals surface area contributed by atoms with Gasteiger partial charge in [-0.05, 0) is 18.6 Å². The van der Waals surface area contributed by atoms with Gasteiger partial charge in [-0.2, -0.15) is 0 Å². The summed E-state index contributed by atoms with van der Waals surface area (Å²) < 4.78 is 11.0. The van der Waals surface area contributed by atoms with E-state index in [1.165, 1.54) is 0 Å². The summed E-state index contributed by atoms with van der Waals surface area (Å²) in [6.07, 6.45) is 1.70. The molecule has 1 saturated heterocycles. The van der Waals surface area contributed by atoms with Crippen molar-refractivity contribution in [3.8, 4) is 5.75 Å². The van der Waals surface area contributed by atoms with Crippen LogP contribution in [-0.4, -0.2) is 38.3 Å². The van der Waals surface area contributed by atoms with Crippen molar-refractivity contribution in [3.63, 3.8) is 0 Å². The summed E-state index contributed by atoms with van der Waals surface area (Å²) in [5.41, 5.74) is 0.734. The number of morpholine rings is 1. The van der Waals surface area contributed by atoms with Crippen molar-refractivity contribution in [2.75, 3.05) is 31.6 Å². The van der Waals surface area contributed by atoms with Crippen LogP contribution >= 0.6 is 0 Å². The minimum atomic E-state index is -0.423. The van der Waals surface area contributed by atoms with Crippen molar-refractivity contribution >= 4 is 11.6 Å². The number of unbranched alkanes of at least 4 members (excludes halogenated alkanes) is 1. The van der Waals surface area contributed by atoms with Crippen molar-refractivity contribution in [2.24, 2.45) is 0 Å². The molecule has 0 spiro atoms. The van der Waals surface area contributed by atoms with Crippen LogP contribution in [0, 0.1) is 0 Å². The highest BCUT2D eigenvalue weighted by atomic mass is 16.5. The fourth-order valence-electron chi connectivity index (χ4n) is 1.95. The van der Waals surface area contributed by atoms with E-state index in [2.05, 4.69) is 17.6 Å². The minimum absolute atomic E-state index is 0.122. The van der Waals surface area contributed by atoms with Crippen LogP contribution in [0.1, 0.15) is 19.8 Å². The summed E-state index contributed by atoms with van der Waals surface area (Å²) in [5, 5.41) is 6.00. The van der Waals surface area contributed by atoms with Crippen LogP contribution in [0.4, 0.5) is 5.69 Å². The van der Waals surface area contributed by atoms with Crippen LogP contribution < -0.4 is 15.4 Å². The van der Waals surface area contributed by atoms with Crippen LogP contribution in [0.3, 0.4) is 0 Å². The van der Waals surface area contributed by atoms with Crippen molar-refractivity contribution in [2.45, 2.75) is 25.9 Å². The van der Waals surface area contributed by atoms with Gasteiger partial charge in [0.1, 0.15) is 11.9 Å². The number of carbonyl (C=O) groups excluding carboxylic acids is 1. The third kappa shape index (κ3) is 4.51. The number of hydrogen-bond donors (Lipinski definition) is 2. The fraction of sp³-hybridized carbons (Fsp3) is 0.533. The Labute approximate surface area is 119 Å². The number of amides is 1. The maximum absolute atomic E-state index is 12.0. The average Bonchev–Trinajstić information content (AvgIpc) is 2.49. The molecule has 1 aliphatic rings. The second kappa shape index (κ2) is 7.87. The molecule has 0 radical (unpaired) electrons. The van der Waals surface area contributed by atoms with Crippen molar-refractivity contribution in [3.05, 3.63) is 24.3 Å². The largest absolute Gasteiger partial charge is 0.494 e. The Morgan fingerprint density at radius 3 is 3.20 bits per heavy atom. The van der Waals surface area contributed by atoms with E-state index >= 15 is 0 Å². The van der Waals surface area contributed by atoms with E-state index < -0.39 is 6.10 Å². The molecule has 1 heterocycles. The second-order valence-corrected chi connectivity index (χ2v) is 4.78. The maximum Gasteiger partial charge on any atom is 0.254 e. The lowest BCUT2D eigenvalue weighted by Crippen LogP contribution is -2.45. The molecule has 2 rings (SSSR count). The first-order chi connectivity index (χ1) is 9.79. The second-order valence-electron chi connectivity index (χ2n) is 4.78. The smallest absolute Gasteiger partial charge is 0.254 e. The number of hydrogen-bond acceptors (Lipinski definition) is 4. The van der Waals surface area contributed by atoms with Crippen LogP contribution in [0.2, 0.25) is 0 Å². The monoisotopic (exact) mass is 278 g/mol. The summed E-state index contributed by atoms with van der Waals surface area (Å²) in [7, 11) is 0. The Morgan fingerprint density at radius 2 is 2.45 bits per heavy atom. The van der Waals surface area contributed by atoms with Gasteiger partial charge in [-0.3, -0.25) is 4.79 Å². The van der Waals surface area contributed by atoms with E-state index in [9.17, 15) is 4.79 Å². The van der Waals surface area contributed by atoms with Crippen molar-refractivity contribution in [1.29, 1.82) is 0 Å². The number of anilines is 1. The predicted octanol–water partition coefficient (Wildman–Crippen LogP) is 1.79. The first-order valence-electron chi connectivity index (χ1n) is 7.15. The summed E-state index contributed by atoms with van der Waals surface area (Å²) >= 11 is 0. The maximum atomic E-state index is 12.0. The molecule has 1 unspecified atom stereocenters. The van der Waals surface area contributed by atoms with Crippen molar-refractivity contribution in [1.82, 2.24) is 5.32 Å². The third-order valence-corrected chi connectivity index (χ3v) is 3.09. The van der Waals surface area contributed by atoms with Crippen LogP contribution in [0.5, 0.6) is 5.75 Å². The molecule has 0 bridgehead atoms. The van der Waals surface area contributed by atoms with E-state index in [-0.39, 0.29) is 5.91 Å². The van der Waals surface area contributed by atoms with Gasteiger partial charge in [0.25, 0.3) is 5.91 Å². The average molecular weight is 278 g/mol. The van der Waals surface area contributed by atoms with E-state index in [0.717, 1.165) is 30.8 Å². The number of benzene rings is 1. The third-order valence-electron chi connectivity index (χ3n) is 3.09. The number of ether oxygens (including phenoxy) is 2. The van der Waals surface area contributed by atoms with E-state index in [4.69, 9.17) is 9.47 Å². The molecule has 1 aromatic carbocycles. The SMILES string of the molecule is CCCCOc1cccc(NC(=O)C2CNCCO2)c1. The minimum Gasteiger partial charge on any atom is -0.494 e. The lowest BCUT2D eigenvalue weighted by Gasteiger charge is -2.22. The van der Waals surface area contributed by atoms with Gasteiger partial charge in [0.2, 0.25) is 0 Å². The highest BCUT2D eigenvalue weighted by Gasteiger charge is 2.21. The zero-order chi connectivity index (χ0) is 14.2. The Kier molecular flexibility index (Phi) is 5.83. The van der Waals surface area contributed by atoms with E-state index in [0.29, 0.717) is 19.8 Å². The fourth-order valence-corrected chi connectivity index (χ4v) is 1.95. The zero-order valence-corrected chi connectivity index (χ0v) is 11.9. The van der Waals surface area contributed by atoms with Gasteiger partial charge in [0.05, 0.1) is 13.2 Å². The van der Waals surface area contributed by atoms with Crippen molar-refractivity contribution < 1.29 is 14.3 Å². The Hall–Kier alpha value is -1.59. The highest BCUT2D eigenvalue weighted by Crippen LogP contribution is 2.18. The number of nitrogens with one attached hydrogen (secondary N) is 2. The summed E-state index contributed by atoms with van der Waals surface area (Å²) in [5.74, 6) is 0.654. The van der Waals surface area contributed by atoms with Gasteiger partial charge >= 0.3 is 0 Å². The first kappa shape index (κ1) is 14.8. The van der Waals surface area contributed by atoms with E-state index in [1.807, 2.05) is 24.3 Å². The molecule has 1 fully saturated rings.